The summed E-state index contributed by atoms with van der Waals surface area (Å²) < 4.78 is 5.27. The number of thioether (sulfide) groups is 1. The van der Waals surface area contributed by atoms with Crippen LogP contribution in [0.3, 0.4) is 0 Å². The molecule has 2 aromatic heterocycles. The number of hydrogen-bond donors (Lipinski definition) is 1. The predicted molar refractivity (Wildman–Crippen MR) is 79.6 cm³/mol. The van der Waals surface area contributed by atoms with Crippen molar-refractivity contribution < 1.29 is 9.21 Å². The number of aryl methyl sites for hydroxylation is 1. The maximum absolute atomic E-state index is 12.1. The smallest absolute Gasteiger partial charge is 0.239 e. The maximum Gasteiger partial charge on any atom is 0.239 e. The molecule has 0 saturated heterocycles. The molecule has 1 amide bonds. The van der Waals surface area contributed by atoms with Gasteiger partial charge in [-0.15, -0.1) is 23.1 Å². The second-order valence-corrected chi connectivity index (χ2v) is 6.12. The summed E-state index contributed by atoms with van der Waals surface area (Å²) in [6.45, 7) is 3.92. The molecule has 1 atom stereocenters. The minimum atomic E-state index is -0.0886. The molecule has 0 aliphatic heterocycles. The number of hydrogen-bond acceptors (Lipinski definition) is 5. The lowest BCUT2D eigenvalue weighted by atomic mass is 10.3. The Kier molecular flexibility index (Phi) is 5.04. The van der Waals surface area contributed by atoms with Gasteiger partial charge in [-0.25, -0.2) is 4.98 Å². The summed E-state index contributed by atoms with van der Waals surface area (Å²) in [6.07, 6.45) is 2.43. The molecule has 1 unspecified atom stereocenters. The van der Waals surface area contributed by atoms with E-state index in [1.165, 1.54) is 11.3 Å². The molecule has 0 aliphatic carbocycles. The highest BCUT2D eigenvalue weighted by atomic mass is 32.2. The molecular weight excluding hydrogens is 280 g/mol. The second kappa shape index (κ2) is 6.77. The average molecular weight is 296 g/mol. The SMILES string of the molecule is CCC(SCc1ccco1)C(=O)Nc1nc(C)cs1. The number of amides is 1. The number of carbonyl (C=O) groups excluding carboxylic acids is 1. The number of carbonyl (C=O) groups is 1. The van der Waals surface area contributed by atoms with Crippen LogP contribution in [-0.4, -0.2) is 16.1 Å². The molecule has 0 aliphatic rings. The van der Waals surface area contributed by atoms with Crippen molar-refractivity contribution in [3.8, 4) is 0 Å². The molecule has 0 radical (unpaired) electrons. The zero-order valence-electron chi connectivity index (χ0n) is 10.9. The van der Waals surface area contributed by atoms with E-state index in [0.717, 1.165) is 17.9 Å². The van der Waals surface area contributed by atoms with Crippen LogP contribution in [0.25, 0.3) is 0 Å². The average Bonchev–Trinajstić information content (AvgIpc) is 3.02. The van der Waals surface area contributed by atoms with Crippen molar-refractivity contribution in [2.75, 3.05) is 5.32 Å². The van der Waals surface area contributed by atoms with Gasteiger partial charge in [0.25, 0.3) is 0 Å². The first-order valence-corrected chi connectivity index (χ1v) is 7.99. The van der Waals surface area contributed by atoms with Crippen LogP contribution in [0.1, 0.15) is 24.8 Å². The van der Waals surface area contributed by atoms with Gasteiger partial charge in [-0.3, -0.25) is 4.79 Å². The molecule has 0 aromatic carbocycles. The zero-order valence-corrected chi connectivity index (χ0v) is 12.5. The molecule has 0 bridgehead atoms. The third-order valence-electron chi connectivity index (χ3n) is 2.52. The van der Waals surface area contributed by atoms with E-state index >= 15 is 0 Å². The number of rotatable bonds is 6. The first-order valence-electron chi connectivity index (χ1n) is 6.06. The normalized spacial score (nSPS) is 12.3. The highest BCUT2D eigenvalue weighted by Gasteiger charge is 2.18. The Labute approximate surface area is 120 Å². The van der Waals surface area contributed by atoms with Gasteiger partial charge >= 0.3 is 0 Å². The first-order chi connectivity index (χ1) is 9.19. The van der Waals surface area contributed by atoms with Crippen LogP contribution >= 0.6 is 23.1 Å². The van der Waals surface area contributed by atoms with Crippen LogP contribution in [0.2, 0.25) is 0 Å². The molecule has 2 heterocycles. The van der Waals surface area contributed by atoms with Crippen LogP contribution in [0, 0.1) is 6.92 Å². The predicted octanol–water partition coefficient (Wildman–Crippen LogP) is 3.70. The Balaban J connectivity index is 1.87. The standard InChI is InChI=1S/C13H16N2O2S2/c1-3-11(18-8-10-5-4-6-17-10)12(16)15-13-14-9(2)7-19-13/h4-7,11H,3,8H2,1-2H3,(H,14,15,16). The molecule has 2 rings (SSSR count). The van der Waals surface area contributed by atoms with Crippen molar-refractivity contribution >= 4 is 34.1 Å². The molecule has 6 heteroatoms. The molecule has 102 valence electrons. The second-order valence-electron chi connectivity index (χ2n) is 4.07. The lowest BCUT2D eigenvalue weighted by molar-refractivity contribution is -0.115. The Morgan fingerprint density at radius 3 is 3.05 bits per heavy atom. The van der Waals surface area contributed by atoms with E-state index in [4.69, 9.17) is 4.42 Å². The Bertz CT molecular complexity index is 522. The Hall–Kier alpha value is -1.27. The number of nitrogens with one attached hydrogen (secondary N) is 1. The number of nitrogens with zero attached hydrogens (tertiary/aromatic N) is 1. The summed E-state index contributed by atoms with van der Waals surface area (Å²) in [4.78, 5) is 16.4. The van der Waals surface area contributed by atoms with Gasteiger partial charge in [0.15, 0.2) is 5.13 Å². The zero-order chi connectivity index (χ0) is 13.7. The lowest BCUT2D eigenvalue weighted by Crippen LogP contribution is -2.24. The summed E-state index contributed by atoms with van der Waals surface area (Å²) in [5.41, 5.74) is 0.927. The molecule has 0 saturated carbocycles. The third-order valence-corrected chi connectivity index (χ3v) is 4.80. The van der Waals surface area contributed by atoms with Crippen molar-refractivity contribution in [1.82, 2.24) is 4.98 Å². The van der Waals surface area contributed by atoms with Gasteiger partial charge in [0.05, 0.1) is 23.0 Å². The van der Waals surface area contributed by atoms with Crippen LogP contribution < -0.4 is 5.32 Å². The number of furan rings is 1. The summed E-state index contributed by atoms with van der Waals surface area (Å²) >= 11 is 3.04. The van der Waals surface area contributed by atoms with E-state index in [9.17, 15) is 4.79 Å². The first kappa shape index (κ1) is 14.1. The van der Waals surface area contributed by atoms with Crippen molar-refractivity contribution in [2.24, 2.45) is 0 Å². The van der Waals surface area contributed by atoms with Crippen LogP contribution in [0.15, 0.2) is 28.2 Å². The van der Waals surface area contributed by atoms with Crippen LogP contribution in [0.4, 0.5) is 5.13 Å². The Morgan fingerprint density at radius 2 is 2.47 bits per heavy atom. The summed E-state index contributed by atoms with van der Waals surface area (Å²) in [7, 11) is 0. The van der Waals surface area contributed by atoms with Gasteiger partial charge in [0.1, 0.15) is 5.76 Å². The van der Waals surface area contributed by atoms with E-state index in [1.54, 1.807) is 18.0 Å². The fourth-order valence-corrected chi connectivity index (χ4v) is 3.22. The van der Waals surface area contributed by atoms with Gasteiger partial charge in [0, 0.05) is 5.38 Å². The van der Waals surface area contributed by atoms with Gasteiger partial charge in [-0.2, -0.15) is 0 Å². The van der Waals surface area contributed by atoms with Crippen LogP contribution in [-0.2, 0) is 10.5 Å². The molecule has 4 nitrogen and oxygen atoms in total. The minimum absolute atomic E-state index is 0.00778. The molecule has 0 spiro atoms. The number of thiazole rings is 1. The minimum Gasteiger partial charge on any atom is -0.468 e. The number of aromatic nitrogens is 1. The molecule has 1 N–H and O–H groups in total. The van der Waals surface area contributed by atoms with Crippen molar-refractivity contribution in [3.63, 3.8) is 0 Å². The van der Waals surface area contributed by atoms with Crippen molar-refractivity contribution in [2.45, 2.75) is 31.3 Å². The highest BCUT2D eigenvalue weighted by Crippen LogP contribution is 2.23. The van der Waals surface area contributed by atoms with E-state index in [-0.39, 0.29) is 11.2 Å². The quantitative estimate of drug-likeness (QED) is 0.883. The fourth-order valence-electron chi connectivity index (χ4n) is 1.55. The fraction of sp³-hybridized carbons (Fsp3) is 0.385. The lowest BCUT2D eigenvalue weighted by Gasteiger charge is -2.12. The van der Waals surface area contributed by atoms with Gasteiger partial charge in [-0.05, 0) is 25.5 Å². The molecule has 0 fully saturated rings. The van der Waals surface area contributed by atoms with E-state index in [2.05, 4.69) is 10.3 Å². The van der Waals surface area contributed by atoms with Gasteiger partial charge in [0.2, 0.25) is 5.91 Å². The van der Waals surface area contributed by atoms with Gasteiger partial charge in [-0.1, -0.05) is 6.92 Å². The molecule has 2 aromatic rings. The van der Waals surface area contributed by atoms with Crippen molar-refractivity contribution in [1.29, 1.82) is 0 Å². The van der Waals surface area contributed by atoms with E-state index in [1.807, 2.05) is 31.4 Å². The number of anilines is 1. The largest absolute Gasteiger partial charge is 0.468 e. The van der Waals surface area contributed by atoms with Gasteiger partial charge < -0.3 is 9.73 Å². The maximum atomic E-state index is 12.1. The summed E-state index contributed by atoms with van der Waals surface area (Å²) in [5, 5.41) is 5.36. The van der Waals surface area contributed by atoms with E-state index in [0.29, 0.717) is 10.9 Å². The topological polar surface area (TPSA) is 55.1 Å². The van der Waals surface area contributed by atoms with Crippen molar-refractivity contribution in [3.05, 3.63) is 35.2 Å². The highest BCUT2D eigenvalue weighted by molar-refractivity contribution is 7.99. The summed E-state index contributed by atoms with van der Waals surface area (Å²) in [5.74, 6) is 1.60. The monoisotopic (exact) mass is 296 g/mol. The Morgan fingerprint density at radius 1 is 1.63 bits per heavy atom. The molecule has 19 heavy (non-hydrogen) atoms. The van der Waals surface area contributed by atoms with E-state index < -0.39 is 0 Å². The third kappa shape index (κ3) is 4.11. The van der Waals surface area contributed by atoms with Crippen LogP contribution in [0.5, 0.6) is 0 Å². The summed E-state index contributed by atoms with van der Waals surface area (Å²) in [6, 6.07) is 3.77. The molecular formula is C13H16N2O2S2.